The van der Waals surface area contributed by atoms with Crippen LogP contribution in [0.4, 0.5) is 11.4 Å². The first-order chi connectivity index (χ1) is 10.5. The lowest BCUT2D eigenvalue weighted by Crippen LogP contribution is -2.02. The molecule has 1 N–H and O–H groups in total. The first-order valence-electron chi connectivity index (χ1n) is 6.44. The number of nitrogens with zero attached hydrogens (tertiary/aromatic N) is 1. The van der Waals surface area contributed by atoms with Crippen molar-refractivity contribution in [3.8, 4) is 11.5 Å². The number of rotatable bonds is 6. The Morgan fingerprint density at radius 3 is 2.27 bits per heavy atom. The van der Waals surface area contributed by atoms with Gasteiger partial charge in [-0.2, -0.15) is 0 Å². The Balaban J connectivity index is 2.12. The third kappa shape index (κ3) is 3.67. The van der Waals surface area contributed by atoms with Gasteiger partial charge in [0.15, 0.2) is 11.5 Å². The Kier molecular flexibility index (Phi) is 5.21. The summed E-state index contributed by atoms with van der Waals surface area (Å²) in [6.07, 6.45) is 0. The third-order valence-electron chi connectivity index (χ3n) is 3.11. The van der Waals surface area contributed by atoms with E-state index < -0.39 is 4.92 Å². The van der Waals surface area contributed by atoms with Gasteiger partial charge in [0, 0.05) is 28.8 Å². The van der Waals surface area contributed by atoms with Crippen LogP contribution in [-0.2, 0) is 6.54 Å². The topological polar surface area (TPSA) is 73.6 Å². The molecule has 0 saturated heterocycles. The number of nitro groups is 1. The summed E-state index contributed by atoms with van der Waals surface area (Å²) in [7, 11) is 3.17. The molecule has 0 bridgehead atoms. The highest BCUT2D eigenvalue weighted by Gasteiger charge is 2.10. The summed E-state index contributed by atoms with van der Waals surface area (Å²) < 4.78 is 11.4. The predicted molar refractivity (Wildman–Crippen MR) is 87.7 cm³/mol. The molecule has 0 heterocycles. The van der Waals surface area contributed by atoms with Crippen LogP contribution in [0.3, 0.4) is 0 Å². The van der Waals surface area contributed by atoms with Crippen molar-refractivity contribution in [2.75, 3.05) is 19.5 Å². The van der Waals surface area contributed by atoms with Crippen LogP contribution < -0.4 is 14.8 Å². The second kappa shape index (κ2) is 7.13. The molecule has 0 aliphatic heterocycles. The zero-order valence-electron chi connectivity index (χ0n) is 12.1. The van der Waals surface area contributed by atoms with Crippen molar-refractivity contribution in [2.24, 2.45) is 0 Å². The maximum absolute atomic E-state index is 10.6. The zero-order chi connectivity index (χ0) is 16.1. The normalized spacial score (nSPS) is 10.1. The molecule has 0 spiro atoms. The molecule has 2 aromatic rings. The fourth-order valence-electron chi connectivity index (χ4n) is 1.93. The molecular weight excluding hydrogens is 352 g/mol. The molecule has 2 rings (SSSR count). The van der Waals surface area contributed by atoms with Gasteiger partial charge in [-0.25, -0.2) is 0 Å². The van der Waals surface area contributed by atoms with Crippen LogP contribution in [-0.4, -0.2) is 19.1 Å². The molecule has 0 unspecified atom stereocenters. The van der Waals surface area contributed by atoms with Gasteiger partial charge in [-0.15, -0.1) is 0 Å². The lowest BCUT2D eigenvalue weighted by molar-refractivity contribution is -0.384. The summed E-state index contributed by atoms with van der Waals surface area (Å²) >= 11 is 3.49. The number of non-ortho nitro benzene ring substituents is 1. The van der Waals surface area contributed by atoms with E-state index in [4.69, 9.17) is 9.47 Å². The number of hydrogen-bond acceptors (Lipinski definition) is 5. The van der Waals surface area contributed by atoms with Gasteiger partial charge in [0.25, 0.3) is 5.69 Å². The van der Waals surface area contributed by atoms with E-state index in [1.165, 1.54) is 12.1 Å². The highest BCUT2D eigenvalue weighted by atomic mass is 79.9. The molecule has 0 amide bonds. The van der Waals surface area contributed by atoms with Crippen LogP contribution in [0, 0.1) is 10.1 Å². The van der Waals surface area contributed by atoms with E-state index in [2.05, 4.69) is 21.2 Å². The molecule has 0 aromatic heterocycles. The minimum absolute atomic E-state index is 0.0675. The monoisotopic (exact) mass is 366 g/mol. The molecule has 6 nitrogen and oxygen atoms in total. The first kappa shape index (κ1) is 16.1. The van der Waals surface area contributed by atoms with E-state index in [1.807, 2.05) is 12.1 Å². The van der Waals surface area contributed by atoms with Gasteiger partial charge in [0.05, 0.1) is 19.1 Å². The van der Waals surface area contributed by atoms with Crippen LogP contribution in [0.5, 0.6) is 11.5 Å². The average Bonchev–Trinajstić information content (AvgIpc) is 2.53. The SMILES string of the molecule is COc1cc(Br)c(CNc2ccc([N+](=O)[O-])cc2)cc1OC. The molecular formula is C15H15BrN2O4. The Morgan fingerprint density at radius 2 is 1.73 bits per heavy atom. The minimum Gasteiger partial charge on any atom is -0.493 e. The van der Waals surface area contributed by atoms with Crippen molar-refractivity contribution >= 4 is 27.3 Å². The van der Waals surface area contributed by atoms with E-state index in [-0.39, 0.29) is 5.69 Å². The standard InChI is InChI=1S/C15H15BrN2O4/c1-21-14-7-10(13(16)8-15(14)22-2)9-17-11-3-5-12(6-4-11)18(19)20/h3-8,17H,9H2,1-2H3. The maximum Gasteiger partial charge on any atom is 0.269 e. The maximum atomic E-state index is 10.6. The fourth-order valence-corrected chi connectivity index (χ4v) is 2.39. The van der Waals surface area contributed by atoms with Gasteiger partial charge < -0.3 is 14.8 Å². The van der Waals surface area contributed by atoms with E-state index in [0.717, 1.165) is 15.7 Å². The lowest BCUT2D eigenvalue weighted by atomic mass is 10.2. The van der Waals surface area contributed by atoms with Crippen LogP contribution >= 0.6 is 15.9 Å². The van der Waals surface area contributed by atoms with Crippen molar-refractivity contribution in [1.82, 2.24) is 0 Å². The molecule has 22 heavy (non-hydrogen) atoms. The highest BCUT2D eigenvalue weighted by Crippen LogP contribution is 2.33. The molecule has 0 saturated carbocycles. The molecule has 0 aliphatic carbocycles. The number of nitro benzene ring substituents is 1. The van der Waals surface area contributed by atoms with Gasteiger partial charge >= 0.3 is 0 Å². The third-order valence-corrected chi connectivity index (χ3v) is 3.85. The van der Waals surface area contributed by atoms with Crippen LogP contribution in [0.1, 0.15) is 5.56 Å². The van der Waals surface area contributed by atoms with E-state index in [1.54, 1.807) is 26.4 Å². The van der Waals surface area contributed by atoms with Gasteiger partial charge in [0.2, 0.25) is 0 Å². The zero-order valence-corrected chi connectivity index (χ0v) is 13.7. The number of halogens is 1. The summed E-state index contributed by atoms with van der Waals surface area (Å²) in [5.41, 5.74) is 1.85. The number of hydrogen-bond donors (Lipinski definition) is 1. The molecule has 0 fully saturated rings. The molecule has 7 heteroatoms. The number of methoxy groups -OCH3 is 2. The Hall–Kier alpha value is -2.28. The van der Waals surface area contributed by atoms with Crippen LogP contribution in [0.2, 0.25) is 0 Å². The molecule has 0 radical (unpaired) electrons. The Labute approximate surface area is 136 Å². The minimum atomic E-state index is -0.422. The molecule has 0 aliphatic rings. The fraction of sp³-hybridized carbons (Fsp3) is 0.200. The van der Waals surface area contributed by atoms with Gasteiger partial charge in [-0.3, -0.25) is 10.1 Å². The number of benzene rings is 2. The molecule has 0 atom stereocenters. The highest BCUT2D eigenvalue weighted by molar-refractivity contribution is 9.10. The van der Waals surface area contributed by atoms with E-state index in [9.17, 15) is 10.1 Å². The van der Waals surface area contributed by atoms with Crippen LogP contribution in [0.25, 0.3) is 0 Å². The van der Waals surface area contributed by atoms with Crippen molar-refractivity contribution in [3.63, 3.8) is 0 Å². The van der Waals surface area contributed by atoms with E-state index in [0.29, 0.717) is 18.0 Å². The van der Waals surface area contributed by atoms with Crippen molar-refractivity contribution in [1.29, 1.82) is 0 Å². The Bertz CT molecular complexity index is 674. The van der Waals surface area contributed by atoms with Crippen molar-refractivity contribution in [3.05, 3.63) is 56.5 Å². The summed E-state index contributed by atoms with van der Waals surface area (Å²) in [6, 6.07) is 9.99. The largest absolute Gasteiger partial charge is 0.493 e. The van der Waals surface area contributed by atoms with Gasteiger partial charge in [-0.05, 0) is 29.8 Å². The summed E-state index contributed by atoms with van der Waals surface area (Å²) in [5, 5.41) is 13.8. The summed E-state index contributed by atoms with van der Waals surface area (Å²) in [6.45, 7) is 0.540. The van der Waals surface area contributed by atoms with Crippen molar-refractivity contribution in [2.45, 2.75) is 6.54 Å². The number of anilines is 1. The van der Waals surface area contributed by atoms with Crippen LogP contribution in [0.15, 0.2) is 40.9 Å². The Morgan fingerprint density at radius 1 is 1.14 bits per heavy atom. The lowest BCUT2D eigenvalue weighted by Gasteiger charge is -2.13. The van der Waals surface area contributed by atoms with Crippen molar-refractivity contribution < 1.29 is 14.4 Å². The first-order valence-corrected chi connectivity index (χ1v) is 7.23. The second-order valence-electron chi connectivity index (χ2n) is 4.46. The molecule has 2 aromatic carbocycles. The quantitative estimate of drug-likeness (QED) is 0.617. The van der Waals surface area contributed by atoms with Gasteiger partial charge in [0.1, 0.15) is 0 Å². The number of ether oxygens (including phenoxy) is 2. The van der Waals surface area contributed by atoms with Gasteiger partial charge in [-0.1, -0.05) is 15.9 Å². The summed E-state index contributed by atoms with van der Waals surface area (Å²) in [4.78, 5) is 10.2. The smallest absolute Gasteiger partial charge is 0.269 e. The van der Waals surface area contributed by atoms with E-state index >= 15 is 0 Å². The number of nitrogens with one attached hydrogen (secondary N) is 1. The predicted octanol–water partition coefficient (Wildman–Crippen LogP) is 3.99. The molecule has 116 valence electrons. The average molecular weight is 367 g/mol. The summed E-state index contributed by atoms with van der Waals surface area (Å²) in [5.74, 6) is 1.29. The second-order valence-corrected chi connectivity index (χ2v) is 5.31.